The molecule has 0 spiro atoms. The Hall–Kier alpha value is -2.51. The van der Waals surface area contributed by atoms with Gasteiger partial charge in [0.05, 0.1) is 6.10 Å². The first-order valence-electron chi connectivity index (χ1n) is 8.81. The first kappa shape index (κ1) is 19.3. The lowest BCUT2D eigenvalue weighted by Crippen LogP contribution is -2.40. The Morgan fingerprint density at radius 2 is 1.89 bits per heavy atom. The van der Waals surface area contributed by atoms with Gasteiger partial charge in [0.25, 0.3) is 5.91 Å². The van der Waals surface area contributed by atoms with Crippen LogP contribution in [0.4, 0.5) is 8.78 Å². The number of aliphatic hydroxyl groups is 1. The van der Waals surface area contributed by atoms with Gasteiger partial charge < -0.3 is 14.7 Å². The molecular weight excluding hydrogens is 354 g/mol. The Morgan fingerprint density at radius 1 is 1.11 bits per heavy atom. The van der Waals surface area contributed by atoms with Crippen LogP contribution in [0.1, 0.15) is 5.56 Å². The molecule has 1 fully saturated rings. The Morgan fingerprint density at radius 3 is 2.63 bits per heavy atom. The van der Waals surface area contributed by atoms with E-state index in [-0.39, 0.29) is 24.8 Å². The summed E-state index contributed by atoms with van der Waals surface area (Å²) in [5.41, 5.74) is 1.14. The first-order chi connectivity index (χ1) is 13.0. The number of ether oxygens (including phenoxy) is 1. The molecule has 1 saturated heterocycles. The number of hydrogen-bond donors (Lipinski definition) is 1. The molecule has 2 aromatic rings. The van der Waals surface area contributed by atoms with Gasteiger partial charge in [-0.2, -0.15) is 0 Å². The number of rotatable bonds is 5. The summed E-state index contributed by atoms with van der Waals surface area (Å²) in [6.45, 7) is 2.04. The molecular formula is C20H22F2N2O3. The molecule has 0 aromatic heterocycles. The van der Waals surface area contributed by atoms with E-state index < -0.39 is 17.7 Å². The highest BCUT2D eigenvalue weighted by atomic mass is 19.1. The van der Waals surface area contributed by atoms with E-state index in [2.05, 4.69) is 4.90 Å². The summed E-state index contributed by atoms with van der Waals surface area (Å²) in [7, 11) is 0. The van der Waals surface area contributed by atoms with Crippen molar-refractivity contribution >= 4 is 5.91 Å². The molecule has 27 heavy (non-hydrogen) atoms. The molecule has 3 rings (SSSR count). The molecule has 7 heteroatoms. The standard InChI is InChI=1S/C20H22F2N2O3/c21-16-6-7-19(18(22)10-16)27-14-20(26)24-9-8-23(12-17(25)13-24)11-15-4-2-1-3-5-15/h1-7,10,17,25H,8-9,11-14H2. The number of hydrogen-bond acceptors (Lipinski definition) is 4. The number of carbonyl (C=O) groups is 1. The zero-order valence-corrected chi connectivity index (χ0v) is 14.9. The lowest BCUT2D eigenvalue weighted by molar-refractivity contribution is -0.134. The molecule has 1 unspecified atom stereocenters. The normalized spacial score (nSPS) is 18.2. The first-order valence-corrected chi connectivity index (χ1v) is 8.81. The minimum atomic E-state index is -0.854. The van der Waals surface area contributed by atoms with E-state index in [0.29, 0.717) is 32.2 Å². The van der Waals surface area contributed by atoms with Crippen molar-refractivity contribution < 1.29 is 23.4 Å². The van der Waals surface area contributed by atoms with E-state index in [9.17, 15) is 18.7 Å². The van der Waals surface area contributed by atoms with Gasteiger partial charge in [-0.25, -0.2) is 8.78 Å². The van der Waals surface area contributed by atoms with Crippen molar-refractivity contribution in [3.8, 4) is 5.75 Å². The fourth-order valence-electron chi connectivity index (χ4n) is 3.09. The fraction of sp³-hybridized carbons (Fsp3) is 0.350. The third kappa shape index (κ3) is 5.48. The Balaban J connectivity index is 1.54. The minimum absolute atomic E-state index is 0.175. The predicted molar refractivity (Wildman–Crippen MR) is 96.2 cm³/mol. The Kier molecular flexibility index (Phi) is 6.36. The average molecular weight is 376 g/mol. The van der Waals surface area contributed by atoms with Crippen molar-refractivity contribution in [2.75, 3.05) is 32.8 Å². The maximum absolute atomic E-state index is 13.6. The molecule has 0 saturated carbocycles. The van der Waals surface area contributed by atoms with Crippen molar-refractivity contribution in [2.45, 2.75) is 12.6 Å². The van der Waals surface area contributed by atoms with Gasteiger partial charge in [0.15, 0.2) is 18.2 Å². The van der Waals surface area contributed by atoms with Gasteiger partial charge in [0, 0.05) is 38.8 Å². The minimum Gasteiger partial charge on any atom is -0.481 e. The molecule has 1 atom stereocenters. The summed E-state index contributed by atoms with van der Waals surface area (Å²) < 4.78 is 31.7. The maximum Gasteiger partial charge on any atom is 0.260 e. The zero-order valence-electron chi connectivity index (χ0n) is 14.9. The molecule has 0 bridgehead atoms. The van der Waals surface area contributed by atoms with Crippen molar-refractivity contribution in [1.82, 2.24) is 9.80 Å². The van der Waals surface area contributed by atoms with Crippen LogP contribution in [0, 0.1) is 11.6 Å². The van der Waals surface area contributed by atoms with E-state index in [1.165, 1.54) is 4.90 Å². The van der Waals surface area contributed by atoms with Crippen LogP contribution < -0.4 is 4.74 Å². The van der Waals surface area contributed by atoms with Crippen molar-refractivity contribution in [3.63, 3.8) is 0 Å². The van der Waals surface area contributed by atoms with Gasteiger partial charge in [-0.15, -0.1) is 0 Å². The average Bonchev–Trinajstić information content (AvgIpc) is 2.83. The summed E-state index contributed by atoms with van der Waals surface area (Å²) in [5.74, 6) is -2.08. The molecule has 1 N–H and O–H groups in total. The molecule has 1 amide bonds. The van der Waals surface area contributed by atoms with Gasteiger partial charge in [-0.3, -0.25) is 9.69 Å². The van der Waals surface area contributed by atoms with E-state index >= 15 is 0 Å². The van der Waals surface area contributed by atoms with E-state index in [0.717, 1.165) is 17.7 Å². The summed E-state index contributed by atoms with van der Waals surface area (Å²) in [6.07, 6.45) is -0.678. The topological polar surface area (TPSA) is 53.0 Å². The summed E-state index contributed by atoms with van der Waals surface area (Å²) >= 11 is 0. The third-order valence-corrected chi connectivity index (χ3v) is 4.43. The van der Waals surface area contributed by atoms with Crippen molar-refractivity contribution in [3.05, 3.63) is 65.7 Å². The number of carbonyl (C=O) groups excluding carboxylic acids is 1. The van der Waals surface area contributed by atoms with Crippen LogP contribution in [-0.4, -0.2) is 59.7 Å². The molecule has 1 aliphatic rings. The summed E-state index contributed by atoms with van der Waals surface area (Å²) in [4.78, 5) is 16.0. The van der Waals surface area contributed by atoms with Crippen LogP contribution in [0.25, 0.3) is 0 Å². The van der Waals surface area contributed by atoms with E-state index in [1.807, 2.05) is 30.3 Å². The molecule has 144 valence electrons. The number of nitrogens with zero attached hydrogens (tertiary/aromatic N) is 2. The van der Waals surface area contributed by atoms with Crippen molar-refractivity contribution in [1.29, 1.82) is 0 Å². The highest BCUT2D eigenvalue weighted by Gasteiger charge is 2.25. The van der Waals surface area contributed by atoms with Crippen LogP contribution >= 0.6 is 0 Å². The SMILES string of the molecule is O=C(COc1ccc(F)cc1F)N1CCN(Cc2ccccc2)CC(O)C1. The lowest BCUT2D eigenvalue weighted by atomic mass is 10.2. The third-order valence-electron chi connectivity index (χ3n) is 4.43. The van der Waals surface area contributed by atoms with Crippen molar-refractivity contribution in [2.24, 2.45) is 0 Å². The predicted octanol–water partition coefficient (Wildman–Crippen LogP) is 2.05. The monoisotopic (exact) mass is 376 g/mol. The molecule has 5 nitrogen and oxygen atoms in total. The summed E-state index contributed by atoms with van der Waals surface area (Å²) in [5, 5.41) is 10.2. The van der Waals surface area contributed by atoms with Crippen LogP contribution in [-0.2, 0) is 11.3 Å². The van der Waals surface area contributed by atoms with E-state index in [4.69, 9.17) is 4.74 Å². The highest BCUT2D eigenvalue weighted by Crippen LogP contribution is 2.18. The number of aliphatic hydroxyl groups excluding tert-OH is 1. The molecule has 0 aliphatic carbocycles. The van der Waals surface area contributed by atoms with Gasteiger partial charge in [0.2, 0.25) is 0 Å². The molecule has 0 radical (unpaired) electrons. The number of halogens is 2. The van der Waals surface area contributed by atoms with E-state index in [1.54, 1.807) is 0 Å². The second-order valence-electron chi connectivity index (χ2n) is 6.58. The molecule has 1 aliphatic heterocycles. The van der Waals surface area contributed by atoms with Gasteiger partial charge in [-0.05, 0) is 17.7 Å². The largest absolute Gasteiger partial charge is 0.481 e. The molecule has 1 heterocycles. The Labute approximate surface area is 156 Å². The van der Waals surface area contributed by atoms with Gasteiger partial charge >= 0.3 is 0 Å². The van der Waals surface area contributed by atoms with Gasteiger partial charge in [-0.1, -0.05) is 30.3 Å². The van der Waals surface area contributed by atoms with Crippen LogP contribution in [0.15, 0.2) is 48.5 Å². The summed E-state index contributed by atoms with van der Waals surface area (Å²) in [6, 6.07) is 12.8. The zero-order chi connectivity index (χ0) is 19.2. The quantitative estimate of drug-likeness (QED) is 0.868. The fourth-order valence-corrected chi connectivity index (χ4v) is 3.09. The van der Waals surface area contributed by atoms with Crippen LogP contribution in [0.3, 0.4) is 0 Å². The van der Waals surface area contributed by atoms with Gasteiger partial charge in [0.1, 0.15) is 5.82 Å². The number of amides is 1. The van der Waals surface area contributed by atoms with Crippen LogP contribution in [0.2, 0.25) is 0 Å². The number of β-amino-alcohol motifs (C(OH)–C–C–N with tert-alkyl or cyclic N) is 1. The highest BCUT2D eigenvalue weighted by molar-refractivity contribution is 5.77. The number of benzene rings is 2. The maximum atomic E-state index is 13.6. The van der Waals surface area contributed by atoms with Crippen LogP contribution in [0.5, 0.6) is 5.75 Å². The lowest BCUT2D eigenvalue weighted by Gasteiger charge is -2.22. The second-order valence-corrected chi connectivity index (χ2v) is 6.58. The molecule has 2 aromatic carbocycles. The smallest absolute Gasteiger partial charge is 0.260 e. The second kappa shape index (κ2) is 8.92. The Bertz CT molecular complexity index is 773.